The van der Waals surface area contributed by atoms with Gasteiger partial charge < -0.3 is 10.1 Å². The Morgan fingerprint density at radius 1 is 0.889 bits per heavy atom. The molecule has 2 aromatic carbocycles. The smallest absolute Gasteiger partial charge is 0.276 e. The zero-order valence-electron chi connectivity index (χ0n) is 15.2. The average molecular weight is 369 g/mol. The molecule has 2 aromatic rings. The number of rotatable bonds is 8. The van der Waals surface area contributed by atoms with E-state index in [-0.39, 0.29) is 12.5 Å². The molecule has 0 bridgehead atoms. The van der Waals surface area contributed by atoms with Gasteiger partial charge in [0.1, 0.15) is 5.75 Å². The Balaban J connectivity index is 1.75. The van der Waals surface area contributed by atoms with E-state index in [0.717, 1.165) is 12.8 Å². The molecule has 0 aliphatic rings. The van der Waals surface area contributed by atoms with Crippen molar-refractivity contribution in [3.05, 3.63) is 60.2 Å². The summed E-state index contributed by atoms with van der Waals surface area (Å²) < 4.78 is 5.28. The Kier molecular flexibility index (Phi) is 7.84. The highest BCUT2D eigenvalue weighted by atomic mass is 16.5. The van der Waals surface area contributed by atoms with Crippen LogP contribution in [0.1, 0.15) is 36.5 Å². The summed E-state index contributed by atoms with van der Waals surface area (Å²) in [4.78, 5) is 35.4. The van der Waals surface area contributed by atoms with Crippen LogP contribution in [0.25, 0.3) is 0 Å². The van der Waals surface area contributed by atoms with Crippen molar-refractivity contribution < 1.29 is 19.1 Å². The summed E-state index contributed by atoms with van der Waals surface area (Å²) in [6.07, 6.45) is 2.25. The topological polar surface area (TPSA) is 96.5 Å². The van der Waals surface area contributed by atoms with Gasteiger partial charge in [0.2, 0.25) is 5.91 Å². The molecule has 3 amide bonds. The first-order chi connectivity index (χ1) is 13.1. The lowest BCUT2D eigenvalue weighted by atomic mass is 10.2. The maximum Gasteiger partial charge on any atom is 0.276 e. The zero-order chi connectivity index (χ0) is 19.5. The second-order valence-corrected chi connectivity index (χ2v) is 5.83. The van der Waals surface area contributed by atoms with Gasteiger partial charge in [0.25, 0.3) is 11.8 Å². The van der Waals surface area contributed by atoms with Gasteiger partial charge in [-0.25, -0.2) is 0 Å². The van der Waals surface area contributed by atoms with Crippen LogP contribution in [0.3, 0.4) is 0 Å². The van der Waals surface area contributed by atoms with Gasteiger partial charge in [-0.2, -0.15) is 0 Å². The van der Waals surface area contributed by atoms with Crippen LogP contribution >= 0.6 is 0 Å². The summed E-state index contributed by atoms with van der Waals surface area (Å²) in [5.74, 6) is -0.436. The van der Waals surface area contributed by atoms with Gasteiger partial charge in [-0.1, -0.05) is 31.5 Å². The van der Waals surface area contributed by atoms with Crippen molar-refractivity contribution in [1.29, 1.82) is 0 Å². The number of unbranched alkanes of at least 4 members (excludes halogenated alkanes) is 1. The molecule has 3 N–H and O–H groups in total. The monoisotopic (exact) mass is 369 g/mol. The van der Waals surface area contributed by atoms with Crippen LogP contribution in [0.4, 0.5) is 5.69 Å². The molecule has 27 heavy (non-hydrogen) atoms. The van der Waals surface area contributed by atoms with Crippen LogP contribution in [0.15, 0.2) is 54.6 Å². The van der Waals surface area contributed by atoms with Crippen LogP contribution in [0, 0.1) is 0 Å². The molecule has 0 unspecified atom stereocenters. The number of nitrogens with one attached hydrogen (secondary N) is 3. The van der Waals surface area contributed by atoms with Crippen LogP contribution in [0.5, 0.6) is 5.75 Å². The molecule has 0 spiro atoms. The van der Waals surface area contributed by atoms with Crippen molar-refractivity contribution in [3.63, 3.8) is 0 Å². The third-order valence-electron chi connectivity index (χ3n) is 3.62. The van der Waals surface area contributed by atoms with E-state index in [1.165, 1.54) is 0 Å². The van der Waals surface area contributed by atoms with Crippen LogP contribution in [-0.2, 0) is 9.59 Å². The Bertz CT molecular complexity index is 761. The van der Waals surface area contributed by atoms with Crippen molar-refractivity contribution in [3.8, 4) is 5.75 Å². The maximum atomic E-state index is 12.0. The molecule has 0 heterocycles. The van der Waals surface area contributed by atoms with E-state index >= 15 is 0 Å². The minimum Gasteiger partial charge on any atom is -0.484 e. The summed E-state index contributed by atoms with van der Waals surface area (Å²) in [6, 6.07) is 15.3. The lowest BCUT2D eigenvalue weighted by Crippen LogP contribution is -2.43. The van der Waals surface area contributed by atoms with Crippen molar-refractivity contribution in [2.24, 2.45) is 0 Å². The molecule has 7 heteroatoms. The second-order valence-electron chi connectivity index (χ2n) is 5.83. The summed E-state index contributed by atoms with van der Waals surface area (Å²) in [5.41, 5.74) is 5.58. The number of anilines is 1. The molecule has 0 aliphatic carbocycles. The van der Waals surface area contributed by atoms with E-state index in [1.807, 2.05) is 13.0 Å². The fourth-order valence-corrected chi connectivity index (χ4v) is 2.17. The lowest BCUT2D eigenvalue weighted by molar-refractivity contribution is -0.123. The van der Waals surface area contributed by atoms with E-state index < -0.39 is 11.8 Å². The van der Waals surface area contributed by atoms with E-state index in [1.54, 1.807) is 48.5 Å². The van der Waals surface area contributed by atoms with Crippen LogP contribution in [-0.4, -0.2) is 24.3 Å². The molecule has 0 saturated heterocycles. The number of carbonyl (C=O) groups is 3. The molecule has 142 valence electrons. The van der Waals surface area contributed by atoms with Crippen molar-refractivity contribution in [1.82, 2.24) is 10.9 Å². The van der Waals surface area contributed by atoms with Crippen molar-refractivity contribution in [2.45, 2.75) is 26.2 Å². The van der Waals surface area contributed by atoms with Gasteiger partial charge in [-0.05, 0) is 42.8 Å². The Morgan fingerprint density at radius 3 is 2.26 bits per heavy atom. The first-order valence-corrected chi connectivity index (χ1v) is 8.75. The zero-order valence-corrected chi connectivity index (χ0v) is 15.2. The fraction of sp³-hybridized carbons (Fsp3) is 0.250. The molecular formula is C20H23N3O4. The maximum absolute atomic E-state index is 12.0. The second kappa shape index (κ2) is 10.6. The van der Waals surface area contributed by atoms with Gasteiger partial charge in [0, 0.05) is 17.7 Å². The molecule has 0 atom stereocenters. The van der Waals surface area contributed by atoms with E-state index in [9.17, 15) is 14.4 Å². The first kappa shape index (κ1) is 20.0. The minimum absolute atomic E-state index is 0.0558. The largest absolute Gasteiger partial charge is 0.484 e. The number of hydrogen-bond acceptors (Lipinski definition) is 4. The quantitative estimate of drug-likeness (QED) is 0.623. The van der Waals surface area contributed by atoms with Gasteiger partial charge in [0.15, 0.2) is 6.61 Å². The Hall–Kier alpha value is -3.35. The standard InChI is InChI=1S/C20H23N3O4/c1-2-3-9-18(24)21-16-12-10-15(11-13-16)20(26)23-22-19(25)14-27-17-7-5-4-6-8-17/h4-8,10-13H,2-3,9,14H2,1H3,(H,21,24)(H,22,25)(H,23,26). The van der Waals surface area contributed by atoms with E-state index in [2.05, 4.69) is 16.2 Å². The minimum atomic E-state index is -0.480. The summed E-state index contributed by atoms with van der Waals surface area (Å²) in [7, 11) is 0. The van der Waals surface area contributed by atoms with Gasteiger partial charge in [0.05, 0.1) is 0 Å². The third kappa shape index (κ3) is 7.19. The predicted molar refractivity (Wildman–Crippen MR) is 102 cm³/mol. The molecule has 0 fully saturated rings. The molecular weight excluding hydrogens is 346 g/mol. The average Bonchev–Trinajstić information content (AvgIpc) is 2.70. The third-order valence-corrected chi connectivity index (χ3v) is 3.62. The molecule has 0 aliphatic heterocycles. The van der Waals surface area contributed by atoms with E-state index in [4.69, 9.17) is 4.74 Å². The molecule has 7 nitrogen and oxygen atoms in total. The summed E-state index contributed by atoms with van der Waals surface area (Å²) >= 11 is 0. The highest BCUT2D eigenvalue weighted by Gasteiger charge is 2.09. The molecule has 0 aromatic heterocycles. The predicted octanol–water partition coefficient (Wildman–Crippen LogP) is 2.66. The normalized spacial score (nSPS) is 9.96. The van der Waals surface area contributed by atoms with Gasteiger partial charge >= 0.3 is 0 Å². The highest BCUT2D eigenvalue weighted by Crippen LogP contribution is 2.10. The molecule has 2 rings (SSSR count). The lowest BCUT2D eigenvalue weighted by Gasteiger charge is -2.09. The SMILES string of the molecule is CCCCC(=O)Nc1ccc(C(=O)NNC(=O)COc2ccccc2)cc1. The van der Waals surface area contributed by atoms with Crippen LogP contribution < -0.4 is 20.9 Å². The van der Waals surface area contributed by atoms with Crippen molar-refractivity contribution in [2.75, 3.05) is 11.9 Å². The number of benzene rings is 2. The van der Waals surface area contributed by atoms with Gasteiger partial charge in [-0.15, -0.1) is 0 Å². The number of hydrazine groups is 1. The van der Waals surface area contributed by atoms with E-state index in [0.29, 0.717) is 23.4 Å². The van der Waals surface area contributed by atoms with Gasteiger partial charge in [-0.3, -0.25) is 25.2 Å². The highest BCUT2D eigenvalue weighted by molar-refractivity contribution is 5.96. The molecule has 0 radical (unpaired) electrons. The first-order valence-electron chi connectivity index (χ1n) is 8.75. The number of ether oxygens (including phenoxy) is 1. The molecule has 0 saturated carbocycles. The summed E-state index contributed by atoms with van der Waals surface area (Å²) in [5, 5.41) is 2.77. The number of hydrogen-bond donors (Lipinski definition) is 3. The van der Waals surface area contributed by atoms with Crippen LogP contribution in [0.2, 0.25) is 0 Å². The number of carbonyl (C=O) groups excluding carboxylic acids is 3. The number of para-hydroxylation sites is 1. The Morgan fingerprint density at radius 2 is 1.59 bits per heavy atom. The summed E-state index contributed by atoms with van der Waals surface area (Å²) in [6.45, 7) is 1.81. The fourth-order valence-electron chi connectivity index (χ4n) is 2.17. The Labute approximate surface area is 158 Å². The number of amides is 3. The van der Waals surface area contributed by atoms with Crippen molar-refractivity contribution >= 4 is 23.4 Å².